The molecule has 0 aromatic heterocycles. The average Bonchev–Trinajstić information content (AvgIpc) is 2.96. The van der Waals surface area contributed by atoms with Crippen molar-refractivity contribution in [3.8, 4) is 0 Å². The summed E-state index contributed by atoms with van der Waals surface area (Å²) in [5.74, 6) is 0.0751. The summed E-state index contributed by atoms with van der Waals surface area (Å²) in [6.45, 7) is 2.61. The molecule has 1 amide bonds. The lowest BCUT2D eigenvalue weighted by Crippen LogP contribution is -2.45. The highest BCUT2D eigenvalue weighted by molar-refractivity contribution is 5.93. The van der Waals surface area contributed by atoms with Crippen molar-refractivity contribution in [3.63, 3.8) is 0 Å². The van der Waals surface area contributed by atoms with Gasteiger partial charge in [-0.25, -0.2) is 0 Å². The summed E-state index contributed by atoms with van der Waals surface area (Å²) in [4.78, 5) is 15.7. The zero-order valence-electron chi connectivity index (χ0n) is 15.4. The SMILES string of the molecule is CC1NC(c2ccccc2)(c2ccccc2)C(=O)N1Cc1ccc([NH3+])cc1. The van der Waals surface area contributed by atoms with Crippen LogP contribution >= 0.6 is 0 Å². The van der Waals surface area contributed by atoms with E-state index >= 15 is 0 Å². The monoisotopic (exact) mass is 358 g/mol. The number of quaternary nitrogens is 1. The van der Waals surface area contributed by atoms with Gasteiger partial charge in [0.05, 0.1) is 6.17 Å². The van der Waals surface area contributed by atoms with Crippen molar-refractivity contribution in [3.05, 3.63) is 102 Å². The van der Waals surface area contributed by atoms with Crippen molar-refractivity contribution in [2.45, 2.75) is 25.2 Å². The number of nitrogens with zero attached hydrogens (tertiary/aromatic N) is 1. The molecule has 136 valence electrons. The maximum atomic E-state index is 13.8. The van der Waals surface area contributed by atoms with Crippen molar-refractivity contribution in [1.29, 1.82) is 0 Å². The molecule has 1 heterocycles. The molecule has 1 saturated heterocycles. The van der Waals surface area contributed by atoms with Gasteiger partial charge in [-0.05, 0) is 35.7 Å². The number of rotatable bonds is 4. The number of carbonyl (C=O) groups is 1. The van der Waals surface area contributed by atoms with E-state index in [1.165, 1.54) is 0 Å². The van der Waals surface area contributed by atoms with Crippen LogP contribution in [0.1, 0.15) is 23.6 Å². The van der Waals surface area contributed by atoms with E-state index in [-0.39, 0.29) is 12.1 Å². The van der Waals surface area contributed by atoms with Gasteiger partial charge in [-0.2, -0.15) is 0 Å². The molecule has 4 N–H and O–H groups in total. The first-order chi connectivity index (χ1) is 13.1. The summed E-state index contributed by atoms with van der Waals surface area (Å²) < 4.78 is 0. The van der Waals surface area contributed by atoms with Crippen molar-refractivity contribution >= 4 is 11.6 Å². The van der Waals surface area contributed by atoms with Crippen LogP contribution < -0.4 is 11.1 Å². The van der Waals surface area contributed by atoms with Crippen molar-refractivity contribution in [1.82, 2.24) is 10.2 Å². The van der Waals surface area contributed by atoms with Gasteiger partial charge in [0.15, 0.2) is 5.54 Å². The molecule has 27 heavy (non-hydrogen) atoms. The third kappa shape index (κ3) is 3.03. The Bertz CT molecular complexity index is 883. The minimum Gasteiger partial charge on any atom is -0.325 e. The Morgan fingerprint density at radius 3 is 1.93 bits per heavy atom. The van der Waals surface area contributed by atoms with E-state index in [1.54, 1.807) is 0 Å². The van der Waals surface area contributed by atoms with Crippen LogP contribution in [0, 0.1) is 0 Å². The Labute approximate surface area is 159 Å². The van der Waals surface area contributed by atoms with E-state index in [0.717, 1.165) is 22.4 Å². The summed E-state index contributed by atoms with van der Waals surface area (Å²) >= 11 is 0. The van der Waals surface area contributed by atoms with Gasteiger partial charge in [-0.15, -0.1) is 0 Å². The highest BCUT2D eigenvalue weighted by Gasteiger charge is 2.52. The standard InChI is InChI=1S/C23H23N3O/c1-17-25-23(19-8-4-2-5-9-19,20-10-6-3-7-11-20)22(27)26(17)16-18-12-14-21(24)15-13-18/h2-15,17,25H,16,24H2,1H3/p+1. The smallest absolute Gasteiger partial charge is 0.253 e. The fourth-order valence-electron chi connectivity index (χ4n) is 3.85. The quantitative estimate of drug-likeness (QED) is 0.753. The predicted molar refractivity (Wildman–Crippen MR) is 106 cm³/mol. The van der Waals surface area contributed by atoms with Gasteiger partial charge in [-0.1, -0.05) is 72.8 Å². The topological polar surface area (TPSA) is 60.0 Å². The molecule has 0 radical (unpaired) electrons. The molecule has 0 bridgehead atoms. The fourth-order valence-corrected chi connectivity index (χ4v) is 3.85. The van der Waals surface area contributed by atoms with Crippen molar-refractivity contribution in [2.24, 2.45) is 0 Å². The Kier molecular flexibility index (Phi) is 4.52. The van der Waals surface area contributed by atoms with Crippen LogP contribution in [0.3, 0.4) is 0 Å². The summed E-state index contributed by atoms with van der Waals surface area (Å²) in [6.07, 6.45) is -0.0858. The van der Waals surface area contributed by atoms with E-state index in [0.29, 0.717) is 6.54 Å². The molecule has 4 rings (SSSR count). The van der Waals surface area contributed by atoms with E-state index in [9.17, 15) is 4.79 Å². The highest BCUT2D eigenvalue weighted by atomic mass is 16.2. The molecule has 3 aromatic rings. The largest absolute Gasteiger partial charge is 0.325 e. The van der Waals surface area contributed by atoms with E-state index in [1.807, 2.05) is 96.8 Å². The lowest BCUT2D eigenvalue weighted by Gasteiger charge is -2.29. The Hall–Kier alpha value is -2.95. The van der Waals surface area contributed by atoms with Crippen LogP contribution in [0.25, 0.3) is 0 Å². The van der Waals surface area contributed by atoms with Gasteiger partial charge in [0.2, 0.25) is 0 Å². The molecule has 4 heteroatoms. The van der Waals surface area contributed by atoms with E-state index in [4.69, 9.17) is 0 Å². The molecule has 1 unspecified atom stereocenters. The summed E-state index contributed by atoms with van der Waals surface area (Å²) in [5, 5.41) is 3.60. The number of nitrogens with one attached hydrogen (secondary N) is 1. The molecule has 1 aliphatic heterocycles. The minimum absolute atomic E-state index is 0.0751. The van der Waals surface area contributed by atoms with Gasteiger partial charge in [-0.3, -0.25) is 10.1 Å². The highest BCUT2D eigenvalue weighted by Crippen LogP contribution is 2.37. The van der Waals surface area contributed by atoms with Gasteiger partial charge in [0.25, 0.3) is 5.91 Å². The summed E-state index contributed by atoms with van der Waals surface area (Å²) in [6, 6.07) is 28.0. The zero-order valence-corrected chi connectivity index (χ0v) is 15.4. The third-order valence-electron chi connectivity index (χ3n) is 5.26. The van der Waals surface area contributed by atoms with Crippen LogP contribution in [0.2, 0.25) is 0 Å². The molecule has 1 fully saturated rings. The van der Waals surface area contributed by atoms with Crippen LogP contribution in [-0.2, 0) is 16.9 Å². The second-order valence-electron chi connectivity index (χ2n) is 7.05. The number of carbonyl (C=O) groups excluding carboxylic acids is 1. The van der Waals surface area contributed by atoms with Crippen LogP contribution in [-0.4, -0.2) is 17.0 Å². The number of hydrogen-bond acceptors (Lipinski definition) is 2. The second-order valence-corrected chi connectivity index (χ2v) is 7.05. The van der Waals surface area contributed by atoms with Crippen LogP contribution in [0.15, 0.2) is 84.9 Å². The third-order valence-corrected chi connectivity index (χ3v) is 5.26. The second kappa shape index (κ2) is 6.99. The Balaban J connectivity index is 1.77. The molecular weight excluding hydrogens is 334 g/mol. The van der Waals surface area contributed by atoms with Crippen LogP contribution in [0.5, 0.6) is 0 Å². The lowest BCUT2D eigenvalue weighted by atomic mass is 9.82. The Morgan fingerprint density at radius 1 is 0.889 bits per heavy atom. The van der Waals surface area contributed by atoms with Crippen LogP contribution in [0.4, 0.5) is 5.69 Å². The van der Waals surface area contributed by atoms with E-state index < -0.39 is 5.54 Å². The number of amides is 1. The molecular formula is C23H24N3O+. The minimum atomic E-state index is -0.867. The molecule has 0 aliphatic carbocycles. The summed E-state index contributed by atoms with van der Waals surface area (Å²) in [7, 11) is 0. The first-order valence-corrected chi connectivity index (χ1v) is 9.22. The fraction of sp³-hybridized carbons (Fsp3) is 0.174. The van der Waals surface area contributed by atoms with Crippen molar-refractivity contribution < 1.29 is 10.5 Å². The molecule has 3 aromatic carbocycles. The molecule has 4 nitrogen and oxygen atoms in total. The number of hydrogen-bond donors (Lipinski definition) is 2. The Morgan fingerprint density at radius 2 is 1.41 bits per heavy atom. The normalized spacial score (nSPS) is 18.7. The lowest BCUT2D eigenvalue weighted by molar-refractivity contribution is -0.254. The molecule has 1 atom stereocenters. The first-order valence-electron chi connectivity index (χ1n) is 9.22. The summed E-state index contributed by atoms with van der Waals surface area (Å²) in [5.41, 5.74) is 7.06. The maximum absolute atomic E-state index is 13.8. The van der Waals surface area contributed by atoms with Crippen molar-refractivity contribution in [2.75, 3.05) is 0 Å². The predicted octanol–water partition coefficient (Wildman–Crippen LogP) is 2.78. The van der Waals surface area contributed by atoms with Gasteiger partial charge in [0.1, 0.15) is 5.69 Å². The van der Waals surface area contributed by atoms with Gasteiger partial charge >= 0.3 is 0 Å². The number of benzene rings is 3. The molecule has 0 spiro atoms. The maximum Gasteiger partial charge on any atom is 0.253 e. The molecule has 0 saturated carbocycles. The van der Waals surface area contributed by atoms with E-state index in [2.05, 4.69) is 11.1 Å². The average molecular weight is 358 g/mol. The first kappa shape index (κ1) is 17.5. The molecule has 1 aliphatic rings. The van der Waals surface area contributed by atoms with Gasteiger partial charge < -0.3 is 10.6 Å². The van der Waals surface area contributed by atoms with Gasteiger partial charge in [0, 0.05) is 6.54 Å². The zero-order chi connectivity index (χ0) is 18.9.